The van der Waals surface area contributed by atoms with Crippen molar-refractivity contribution in [2.24, 2.45) is 0 Å². The van der Waals surface area contributed by atoms with Crippen LogP contribution in [0.4, 0.5) is 0 Å². The van der Waals surface area contributed by atoms with E-state index in [2.05, 4.69) is 4.98 Å². The van der Waals surface area contributed by atoms with Crippen molar-refractivity contribution >= 4 is 23.5 Å². The number of halogens is 1. The van der Waals surface area contributed by atoms with Crippen LogP contribution in [0, 0.1) is 0 Å². The van der Waals surface area contributed by atoms with Crippen LogP contribution < -0.4 is 4.74 Å². The van der Waals surface area contributed by atoms with Crippen molar-refractivity contribution in [2.45, 2.75) is 20.3 Å². The maximum Gasteiger partial charge on any atom is 0.344 e. The second-order valence-electron chi connectivity index (χ2n) is 4.76. The van der Waals surface area contributed by atoms with Gasteiger partial charge < -0.3 is 9.47 Å². The summed E-state index contributed by atoms with van der Waals surface area (Å²) in [5.74, 6) is 0.494. The summed E-state index contributed by atoms with van der Waals surface area (Å²) in [5.41, 5.74) is 0.732. The Morgan fingerprint density at radius 1 is 1.35 bits per heavy atom. The van der Waals surface area contributed by atoms with Gasteiger partial charge in [0.25, 0.3) is 0 Å². The zero-order chi connectivity index (χ0) is 16.8. The van der Waals surface area contributed by atoms with E-state index in [9.17, 15) is 9.59 Å². The third-order valence-corrected chi connectivity index (χ3v) is 3.31. The first-order chi connectivity index (χ1) is 11.0. The third kappa shape index (κ3) is 4.56. The molecule has 7 heteroatoms. The van der Waals surface area contributed by atoms with E-state index in [1.54, 1.807) is 37.5 Å². The highest BCUT2D eigenvalue weighted by molar-refractivity contribution is 6.30. The number of benzene rings is 1. The van der Waals surface area contributed by atoms with Crippen LogP contribution in [0.5, 0.6) is 5.75 Å². The monoisotopic (exact) mass is 336 g/mol. The summed E-state index contributed by atoms with van der Waals surface area (Å²) < 4.78 is 11.8. The number of esters is 1. The van der Waals surface area contributed by atoms with Gasteiger partial charge in [-0.25, -0.2) is 9.78 Å². The fourth-order valence-electron chi connectivity index (χ4n) is 2.09. The summed E-state index contributed by atoms with van der Waals surface area (Å²) in [7, 11) is 0. The smallest absolute Gasteiger partial charge is 0.344 e. The molecule has 0 saturated carbocycles. The Morgan fingerprint density at radius 3 is 2.83 bits per heavy atom. The highest BCUT2D eigenvalue weighted by Gasteiger charge is 2.13. The Bertz CT molecular complexity index is 712. The van der Waals surface area contributed by atoms with Gasteiger partial charge in [-0.1, -0.05) is 11.6 Å². The van der Waals surface area contributed by atoms with Crippen LogP contribution in [-0.2, 0) is 16.0 Å². The molecule has 122 valence electrons. The van der Waals surface area contributed by atoms with Crippen LogP contribution in [-0.4, -0.2) is 34.6 Å². The Kier molecular flexibility index (Phi) is 5.76. The zero-order valence-electron chi connectivity index (χ0n) is 12.9. The van der Waals surface area contributed by atoms with Gasteiger partial charge in [0.1, 0.15) is 11.6 Å². The van der Waals surface area contributed by atoms with Gasteiger partial charge in [0.2, 0.25) is 5.91 Å². The van der Waals surface area contributed by atoms with Gasteiger partial charge in [-0.05, 0) is 25.1 Å². The SMILES string of the molecule is CCOC(=O)COc1ccc(Cl)cc1Cc1nccn1C(C)=O. The maximum absolute atomic E-state index is 11.6. The first kappa shape index (κ1) is 17.0. The van der Waals surface area contributed by atoms with E-state index in [1.165, 1.54) is 11.5 Å². The minimum Gasteiger partial charge on any atom is -0.482 e. The molecule has 0 N–H and O–H groups in total. The molecule has 0 fully saturated rings. The lowest BCUT2D eigenvalue weighted by molar-refractivity contribution is -0.145. The maximum atomic E-state index is 11.6. The molecule has 0 aliphatic rings. The van der Waals surface area contributed by atoms with Crippen LogP contribution >= 0.6 is 11.6 Å². The van der Waals surface area contributed by atoms with E-state index < -0.39 is 5.97 Å². The van der Waals surface area contributed by atoms with Crippen molar-refractivity contribution in [1.82, 2.24) is 9.55 Å². The quantitative estimate of drug-likeness (QED) is 0.758. The Balaban J connectivity index is 2.20. The van der Waals surface area contributed by atoms with Crippen molar-refractivity contribution < 1.29 is 19.1 Å². The fraction of sp³-hybridized carbons (Fsp3) is 0.312. The minimum atomic E-state index is -0.446. The number of rotatable bonds is 6. The molecule has 0 bridgehead atoms. The highest BCUT2D eigenvalue weighted by atomic mass is 35.5. The molecule has 2 rings (SSSR count). The molecular formula is C16H17ClN2O4. The van der Waals surface area contributed by atoms with E-state index in [0.29, 0.717) is 29.6 Å². The second kappa shape index (κ2) is 7.78. The number of hydrogen-bond acceptors (Lipinski definition) is 5. The van der Waals surface area contributed by atoms with Crippen LogP contribution in [0.1, 0.15) is 30.0 Å². The van der Waals surface area contributed by atoms with Gasteiger partial charge in [0.15, 0.2) is 6.61 Å². The number of hydrogen-bond donors (Lipinski definition) is 0. The topological polar surface area (TPSA) is 70.4 Å². The Morgan fingerprint density at radius 2 is 2.13 bits per heavy atom. The average Bonchev–Trinajstić information content (AvgIpc) is 2.95. The Hall–Kier alpha value is -2.34. The number of imidazole rings is 1. The molecule has 6 nitrogen and oxygen atoms in total. The molecule has 0 amide bonds. The first-order valence-corrected chi connectivity index (χ1v) is 7.49. The molecule has 1 aromatic carbocycles. The fourth-order valence-corrected chi connectivity index (χ4v) is 2.28. The van der Waals surface area contributed by atoms with Gasteiger partial charge in [-0.3, -0.25) is 9.36 Å². The standard InChI is InChI=1S/C16H17ClN2O4/c1-3-22-16(21)10-23-14-5-4-13(17)8-12(14)9-15-18-6-7-19(15)11(2)20/h4-8H,3,9-10H2,1-2H3. The molecule has 1 aromatic heterocycles. The van der Waals surface area contributed by atoms with Crippen LogP contribution in [0.15, 0.2) is 30.6 Å². The number of nitrogens with zero attached hydrogens (tertiary/aromatic N) is 2. The normalized spacial score (nSPS) is 10.4. The summed E-state index contributed by atoms with van der Waals surface area (Å²) >= 11 is 6.03. The summed E-state index contributed by atoms with van der Waals surface area (Å²) in [6, 6.07) is 5.07. The summed E-state index contributed by atoms with van der Waals surface area (Å²) in [6.45, 7) is 3.30. The minimum absolute atomic E-state index is 0.131. The molecule has 0 atom stereocenters. The van der Waals surface area contributed by atoms with Crippen LogP contribution in [0.3, 0.4) is 0 Å². The van der Waals surface area contributed by atoms with E-state index in [0.717, 1.165) is 5.56 Å². The molecular weight excluding hydrogens is 320 g/mol. The van der Waals surface area contributed by atoms with Gasteiger partial charge in [-0.2, -0.15) is 0 Å². The lowest BCUT2D eigenvalue weighted by Gasteiger charge is -2.12. The number of carbonyl (C=O) groups is 2. The summed E-state index contributed by atoms with van der Waals surface area (Å²) in [4.78, 5) is 27.2. The predicted molar refractivity (Wildman–Crippen MR) is 84.9 cm³/mol. The number of aromatic nitrogens is 2. The molecule has 23 heavy (non-hydrogen) atoms. The van der Waals surface area contributed by atoms with Gasteiger partial charge in [0, 0.05) is 36.3 Å². The van der Waals surface area contributed by atoms with Gasteiger partial charge in [0.05, 0.1) is 6.61 Å². The van der Waals surface area contributed by atoms with Crippen molar-refractivity contribution in [1.29, 1.82) is 0 Å². The van der Waals surface area contributed by atoms with Crippen molar-refractivity contribution in [2.75, 3.05) is 13.2 Å². The first-order valence-electron chi connectivity index (χ1n) is 7.11. The van der Waals surface area contributed by atoms with E-state index >= 15 is 0 Å². The third-order valence-electron chi connectivity index (χ3n) is 3.08. The molecule has 0 unspecified atom stereocenters. The lowest BCUT2D eigenvalue weighted by atomic mass is 10.1. The Labute approximate surface area is 139 Å². The molecule has 0 saturated heterocycles. The van der Waals surface area contributed by atoms with Crippen LogP contribution in [0.25, 0.3) is 0 Å². The van der Waals surface area contributed by atoms with Gasteiger partial charge >= 0.3 is 5.97 Å². The summed E-state index contributed by atoms with van der Waals surface area (Å²) in [6.07, 6.45) is 3.51. The van der Waals surface area contributed by atoms with Gasteiger partial charge in [-0.15, -0.1) is 0 Å². The van der Waals surface area contributed by atoms with Crippen molar-refractivity contribution in [3.05, 3.63) is 47.0 Å². The largest absolute Gasteiger partial charge is 0.482 e. The van der Waals surface area contributed by atoms with E-state index in [1.807, 2.05) is 0 Å². The average molecular weight is 337 g/mol. The molecule has 0 spiro atoms. The molecule has 0 radical (unpaired) electrons. The van der Waals surface area contributed by atoms with Crippen molar-refractivity contribution in [3.8, 4) is 5.75 Å². The van der Waals surface area contributed by atoms with E-state index in [4.69, 9.17) is 21.1 Å². The summed E-state index contributed by atoms with van der Waals surface area (Å²) in [5, 5.41) is 0.532. The van der Waals surface area contributed by atoms with Crippen molar-refractivity contribution in [3.63, 3.8) is 0 Å². The molecule has 0 aliphatic carbocycles. The highest BCUT2D eigenvalue weighted by Crippen LogP contribution is 2.25. The molecule has 1 heterocycles. The molecule has 0 aliphatic heterocycles. The number of ether oxygens (including phenoxy) is 2. The lowest BCUT2D eigenvalue weighted by Crippen LogP contribution is -2.15. The number of carbonyl (C=O) groups excluding carboxylic acids is 2. The van der Waals surface area contributed by atoms with E-state index in [-0.39, 0.29) is 12.5 Å². The second-order valence-corrected chi connectivity index (χ2v) is 5.19. The zero-order valence-corrected chi connectivity index (χ0v) is 13.7. The predicted octanol–water partition coefficient (Wildman–Crippen LogP) is 2.73. The molecule has 2 aromatic rings. The van der Waals surface area contributed by atoms with Crippen LogP contribution in [0.2, 0.25) is 5.02 Å².